The largest absolute Gasteiger partial charge is 0.356 e. The second-order valence-electron chi connectivity index (χ2n) is 5.03. The molecule has 0 saturated carbocycles. The van der Waals surface area contributed by atoms with Crippen molar-refractivity contribution in [2.24, 2.45) is 0 Å². The highest BCUT2D eigenvalue weighted by Gasteiger charge is 2.01. The van der Waals surface area contributed by atoms with Gasteiger partial charge in [0, 0.05) is 26.4 Å². The fourth-order valence-electron chi connectivity index (χ4n) is 1.88. The minimum absolute atomic E-state index is 0.00548. The van der Waals surface area contributed by atoms with Crippen LogP contribution in [0.15, 0.2) is 24.3 Å². The lowest BCUT2D eigenvalue weighted by atomic mass is 10.1. The predicted molar refractivity (Wildman–Crippen MR) is 80.4 cm³/mol. The Bertz CT molecular complexity index is 427. The van der Waals surface area contributed by atoms with Crippen molar-refractivity contribution < 1.29 is 9.59 Å². The van der Waals surface area contributed by atoms with Gasteiger partial charge in [-0.15, -0.1) is 0 Å². The summed E-state index contributed by atoms with van der Waals surface area (Å²) < 4.78 is 0. The molecule has 0 spiro atoms. The van der Waals surface area contributed by atoms with Gasteiger partial charge in [0.1, 0.15) is 0 Å². The van der Waals surface area contributed by atoms with E-state index in [2.05, 4.69) is 41.8 Å². The molecule has 0 radical (unpaired) electrons. The maximum atomic E-state index is 11.4. The van der Waals surface area contributed by atoms with Crippen LogP contribution in [0.4, 0.5) is 0 Å². The number of benzene rings is 1. The smallest absolute Gasteiger partial charge is 0.221 e. The summed E-state index contributed by atoms with van der Waals surface area (Å²) >= 11 is 0. The summed E-state index contributed by atoms with van der Waals surface area (Å²) in [5.41, 5.74) is 2.62. The molecular formula is C16H24N2O2. The SMILES string of the molecule is CC(=O)NCCC(=O)NCCCCc1ccc(C)cc1. The van der Waals surface area contributed by atoms with Crippen LogP contribution in [0.25, 0.3) is 0 Å². The normalized spacial score (nSPS) is 10.1. The average Bonchev–Trinajstić information content (AvgIpc) is 2.40. The summed E-state index contributed by atoms with van der Waals surface area (Å²) in [4.78, 5) is 22.1. The van der Waals surface area contributed by atoms with Gasteiger partial charge in [0.2, 0.25) is 11.8 Å². The summed E-state index contributed by atoms with van der Waals surface area (Å²) in [6, 6.07) is 8.56. The van der Waals surface area contributed by atoms with E-state index >= 15 is 0 Å². The minimum atomic E-state index is -0.101. The first-order valence-electron chi connectivity index (χ1n) is 7.14. The molecule has 20 heavy (non-hydrogen) atoms. The van der Waals surface area contributed by atoms with Gasteiger partial charge in [0.15, 0.2) is 0 Å². The van der Waals surface area contributed by atoms with Crippen LogP contribution in [-0.2, 0) is 16.0 Å². The second-order valence-corrected chi connectivity index (χ2v) is 5.03. The summed E-state index contributed by atoms with van der Waals surface area (Å²) in [7, 11) is 0. The van der Waals surface area contributed by atoms with Crippen LogP contribution in [0.5, 0.6) is 0 Å². The van der Waals surface area contributed by atoms with E-state index in [0.717, 1.165) is 19.3 Å². The van der Waals surface area contributed by atoms with Crippen LogP contribution >= 0.6 is 0 Å². The molecule has 0 aliphatic rings. The van der Waals surface area contributed by atoms with Crippen LogP contribution < -0.4 is 10.6 Å². The highest BCUT2D eigenvalue weighted by atomic mass is 16.2. The van der Waals surface area contributed by atoms with E-state index in [0.29, 0.717) is 19.5 Å². The number of rotatable bonds is 8. The van der Waals surface area contributed by atoms with Crippen molar-refractivity contribution in [1.29, 1.82) is 0 Å². The van der Waals surface area contributed by atoms with Gasteiger partial charge >= 0.3 is 0 Å². The zero-order chi connectivity index (χ0) is 14.8. The topological polar surface area (TPSA) is 58.2 Å². The van der Waals surface area contributed by atoms with Crippen molar-refractivity contribution in [1.82, 2.24) is 10.6 Å². The molecule has 0 aromatic heterocycles. The highest BCUT2D eigenvalue weighted by molar-refractivity contribution is 5.77. The maximum absolute atomic E-state index is 11.4. The van der Waals surface area contributed by atoms with E-state index in [1.807, 2.05) is 0 Å². The quantitative estimate of drug-likeness (QED) is 0.713. The molecule has 0 atom stereocenters. The van der Waals surface area contributed by atoms with Crippen LogP contribution in [0.1, 0.15) is 37.3 Å². The Balaban J connectivity index is 2.02. The fraction of sp³-hybridized carbons (Fsp3) is 0.500. The predicted octanol–water partition coefficient (Wildman–Crippen LogP) is 1.96. The molecule has 1 aromatic carbocycles. The van der Waals surface area contributed by atoms with Crippen molar-refractivity contribution in [3.8, 4) is 0 Å². The van der Waals surface area contributed by atoms with Crippen molar-refractivity contribution in [3.05, 3.63) is 35.4 Å². The van der Waals surface area contributed by atoms with E-state index in [1.54, 1.807) is 0 Å². The molecule has 4 nitrogen and oxygen atoms in total. The Morgan fingerprint density at radius 1 is 1.00 bits per heavy atom. The third-order valence-corrected chi connectivity index (χ3v) is 3.06. The van der Waals surface area contributed by atoms with E-state index < -0.39 is 0 Å². The number of unbranched alkanes of at least 4 members (excludes halogenated alkanes) is 1. The average molecular weight is 276 g/mol. The molecule has 0 fully saturated rings. The Kier molecular flexibility index (Phi) is 7.40. The number of amides is 2. The van der Waals surface area contributed by atoms with Gasteiger partial charge in [-0.05, 0) is 31.7 Å². The van der Waals surface area contributed by atoms with Crippen LogP contribution in [0, 0.1) is 6.92 Å². The molecule has 2 N–H and O–H groups in total. The lowest BCUT2D eigenvalue weighted by molar-refractivity contribution is -0.121. The number of carbonyl (C=O) groups excluding carboxylic acids is 2. The van der Waals surface area contributed by atoms with Crippen molar-refractivity contribution in [3.63, 3.8) is 0 Å². The molecule has 4 heteroatoms. The fourth-order valence-corrected chi connectivity index (χ4v) is 1.88. The molecule has 0 aliphatic carbocycles. The van der Waals surface area contributed by atoms with Gasteiger partial charge in [-0.25, -0.2) is 0 Å². The van der Waals surface area contributed by atoms with E-state index in [-0.39, 0.29) is 11.8 Å². The zero-order valence-corrected chi connectivity index (χ0v) is 12.4. The van der Waals surface area contributed by atoms with Crippen molar-refractivity contribution in [2.45, 2.75) is 39.5 Å². The molecular weight excluding hydrogens is 252 g/mol. The summed E-state index contributed by atoms with van der Waals surface area (Å²) in [5.74, 6) is -0.106. The minimum Gasteiger partial charge on any atom is -0.356 e. The van der Waals surface area contributed by atoms with Crippen LogP contribution in [-0.4, -0.2) is 24.9 Å². The molecule has 0 aliphatic heterocycles. The van der Waals surface area contributed by atoms with Gasteiger partial charge < -0.3 is 10.6 Å². The van der Waals surface area contributed by atoms with Gasteiger partial charge in [0.05, 0.1) is 0 Å². The Hall–Kier alpha value is -1.84. The van der Waals surface area contributed by atoms with E-state index in [1.165, 1.54) is 18.1 Å². The molecule has 0 unspecified atom stereocenters. The summed E-state index contributed by atoms with van der Waals surface area (Å²) in [6.45, 7) is 4.64. The number of nitrogens with one attached hydrogen (secondary N) is 2. The third-order valence-electron chi connectivity index (χ3n) is 3.06. The Labute approximate surface area is 121 Å². The first-order chi connectivity index (χ1) is 9.58. The Morgan fingerprint density at radius 2 is 1.70 bits per heavy atom. The van der Waals surface area contributed by atoms with Gasteiger partial charge in [-0.3, -0.25) is 9.59 Å². The lowest BCUT2D eigenvalue weighted by Crippen LogP contribution is -2.30. The number of hydrogen-bond acceptors (Lipinski definition) is 2. The standard InChI is InChI=1S/C16H24N2O2/c1-13-6-8-15(9-7-13)5-3-4-11-18-16(20)10-12-17-14(2)19/h6-9H,3-5,10-12H2,1-2H3,(H,17,19)(H,18,20). The van der Waals surface area contributed by atoms with Gasteiger partial charge in [0.25, 0.3) is 0 Å². The van der Waals surface area contributed by atoms with Gasteiger partial charge in [-0.1, -0.05) is 29.8 Å². The first kappa shape index (κ1) is 16.2. The van der Waals surface area contributed by atoms with E-state index in [4.69, 9.17) is 0 Å². The zero-order valence-electron chi connectivity index (χ0n) is 12.4. The summed E-state index contributed by atoms with van der Waals surface area (Å²) in [5, 5.41) is 5.47. The molecule has 0 bridgehead atoms. The number of hydrogen-bond donors (Lipinski definition) is 2. The van der Waals surface area contributed by atoms with Crippen molar-refractivity contribution >= 4 is 11.8 Å². The van der Waals surface area contributed by atoms with Crippen LogP contribution in [0.3, 0.4) is 0 Å². The monoisotopic (exact) mass is 276 g/mol. The molecule has 110 valence electrons. The molecule has 1 aromatic rings. The first-order valence-corrected chi connectivity index (χ1v) is 7.14. The molecule has 0 heterocycles. The maximum Gasteiger partial charge on any atom is 0.221 e. The molecule has 0 saturated heterocycles. The number of aryl methyl sites for hydroxylation is 2. The van der Waals surface area contributed by atoms with E-state index in [9.17, 15) is 9.59 Å². The second kappa shape index (κ2) is 9.13. The highest BCUT2D eigenvalue weighted by Crippen LogP contribution is 2.06. The third kappa shape index (κ3) is 7.56. The molecule has 1 rings (SSSR count). The van der Waals surface area contributed by atoms with Crippen LogP contribution in [0.2, 0.25) is 0 Å². The van der Waals surface area contributed by atoms with Crippen molar-refractivity contribution in [2.75, 3.05) is 13.1 Å². The number of carbonyl (C=O) groups is 2. The molecule has 2 amide bonds. The summed E-state index contributed by atoms with van der Waals surface area (Å²) in [6.07, 6.45) is 3.42. The Morgan fingerprint density at radius 3 is 2.35 bits per heavy atom. The van der Waals surface area contributed by atoms with Gasteiger partial charge in [-0.2, -0.15) is 0 Å². The lowest BCUT2D eigenvalue weighted by Gasteiger charge is -2.06.